The lowest BCUT2D eigenvalue weighted by molar-refractivity contribution is -0.137. The fraction of sp³-hybridized carbons (Fsp3) is 0.393. The predicted octanol–water partition coefficient (Wildman–Crippen LogP) is 6.35. The van der Waals surface area contributed by atoms with Crippen LogP contribution in [0.2, 0.25) is 0 Å². The molecule has 34 heavy (non-hydrogen) atoms. The number of ether oxygens (including phenoxy) is 2. The molecule has 0 aromatic heterocycles. The Labute approximate surface area is 204 Å². The highest BCUT2D eigenvalue weighted by Crippen LogP contribution is 2.18. The molecular weight excluding hydrogens is 448 g/mol. The second-order valence-corrected chi connectivity index (χ2v) is 10.5. The second-order valence-electron chi connectivity index (χ2n) is 8.40. The molecular formula is C28H36O5S. The molecule has 0 fully saturated rings. The van der Waals surface area contributed by atoms with Gasteiger partial charge < -0.3 is 9.47 Å². The smallest absolute Gasteiger partial charge is 0.330 e. The summed E-state index contributed by atoms with van der Waals surface area (Å²) in [6, 6.07) is 14.9. The molecule has 2 aromatic carbocycles. The number of esters is 1. The number of carbonyl (C=O) groups is 1. The molecule has 1 atom stereocenters. The molecule has 0 bridgehead atoms. The SMILES string of the molecule is C=CC(=O)OCCCCCCS(=O)(=O)c1ccc(C=Cc2ccc(OC[C@H](C)CC)cc2)cc1. The van der Waals surface area contributed by atoms with Crippen LogP contribution in [0.5, 0.6) is 5.75 Å². The van der Waals surface area contributed by atoms with E-state index in [-0.39, 0.29) is 5.75 Å². The topological polar surface area (TPSA) is 69.7 Å². The maximum atomic E-state index is 12.6. The van der Waals surface area contributed by atoms with Crippen LogP contribution in [0.15, 0.2) is 66.1 Å². The quantitative estimate of drug-likeness (QED) is 0.128. The van der Waals surface area contributed by atoms with Crippen molar-refractivity contribution in [2.45, 2.75) is 50.8 Å². The summed E-state index contributed by atoms with van der Waals surface area (Å²) < 4.78 is 35.8. The summed E-state index contributed by atoms with van der Waals surface area (Å²) in [5.74, 6) is 1.08. The molecule has 5 nitrogen and oxygen atoms in total. The fourth-order valence-electron chi connectivity index (χ4n) is 3.11. The lowest BCUT2D eigenvalue weighted by Crippen LogP contribution is -2.07. The van der Waals surface area contributed by atoms with Gasteiger partial charge in [-0.1, -0.05) is 76.1 Å². The molecule has 0 aliphatic rings. The monoisotopic (exact) mass is 484 g/mol. The number of benzene rings is 2. The van der Waals surface area contributed by atoms with Crippen molar-refractivity contribution in [2.24, 2.45) is 5.92 Å². The highest BCUT2D eigenvalue weighted by molar-refractivity contribution is 7.91. The summed E-state index contributed by atoms with van der Waals surface area (Å²) in [4.78, 5) is 11.3. The Bertz CT molecular complexity index is 1020. The first kappa shape index (κ1) is 27.4. The third-order valence-corrected chi connectivity index (χ3v) is 7.35. The summed E-state index contributed by atoms with van der Waals surface area (Å²) in [5.41, 5.74) is 1.98. The van der Waals surface area contributed by atoms with E-state index in [9.17, 15) is 13.2 Å². The van der Waals surface area contributed by atoms with Crippen LogP contribution in [-0.4, -0.2) is 33.4 Å². The van der Waals surface area contributed by atoms with Crippen molar-refractivity contribution < 1.29 is 22.7 Å². The van der Waals surface area contributed by atoms with E-state index in [0.29, 0.717) is 36.9 Å². The Balaban J connectivity index is 1.79. The van der Waals surface area contributed by atoms with Gasteiger partial charge in [-0.2, -0.15) is 0 Å². The van der Waals surface area contributed by atoms with Crippen LogP contribution in [0.4, 0.5) is 0 Å². The van der Waals surface area contributed by atoms with E-state index in [0.717, 1.165) is 42.2 Å². The number of hydrogen-bond donors (Lipinski definition) is 0. The van der Waals surface area contributed by atoms with E-state index in [1.54, 1.807) is 12.1 Å². The highest BCUT2D eigenvalue weighted by atomic mass is 32.2. The molecule has 0 aliphatic carbocycles. The number of hydrogen-bond acceptors (Lipinski definition) is 5. The number of carbonyl (C=O) groups excluding carboxylic acids is 1. The van der Waals surface area contributed by atoms with Crippen LogP contribution in [0.3, 0.4) is 0 Å². The molecule has 0 radical (unpaired) electrons. The van der Waals surface area contributed by atoms with Gasteiger partial charge in [-0.3, -0.25) is 0 Å². The van der Waals surface area contributed by atoms with E-state index in [4.69, 9.17) is 9.47 Å². The van der Waals surface area contributed by atoms with Crippen molar-refractivity contribution in [3.63, 3.8) is 0 Å². The van der Waals surface area contributed by atoms with Gasteiger partial charge in [0.2, 0.25) is 0 Å². The van der Waals surface area contributed by atoms with Crippen molar-refractivity contribution >= 4 is 28.0 Å². The summed E-state index contributed by atoms with van der Waals surface area (Å²) in [6.07, 6.45) is 9.07. The molecule has 2 rings (SSSR count). The van der Waals surface area contributed by atoms with Gasteiger partial charge in [0.1, 0.15) is 5.75 Å². The lowest BCUT2D eigenvalue weighted by atomic mass is 10.1. The van der Waals surface area contributed by atoms with Gasteiger partial charge >= 0.3 is 5.97 Å². The maximum absolute atomic E-state index is 12.6. The Morgan fingerprint density at radius 1 is 0.941 bits per heavy atom. The minimum atomic E-state index is -3.31. The minimum Gasteiger partial charge on any atom is -0.493 e. The maximum Gasteiger partial charge on any atom is 0.330 e. The zero-order chi connectivity index (χ0) is 24.8. The van der Waals surface area contributed by atoms with Crippen molar-refractivity contribution in [3.05, 3.63) is 72.3 Å². The van der Waals surface area contributed by atoms with Gasteiger partial charge in [0.25, 0.3) is 0 Å². The van der Waals surface area contributed by atoms with Crippen LogP contribution in [0.25, 0.3) is 12.2 Å². The predicted molar refractivity (Wildman–Crippen MR) is 138 cm³/mol. The first-order valence-electron chi connectivity index (χ1n) is 11.9. The molecule has 6 heteroatoms. The third kappa shape index (κ3) is 9.96. The van der Waals surface area contributed by atoms with Gasteiger partial charge in [-0.05, 0) is 54.2 Å². The zero-order valence-corrected chi connectivity index (χ0v) is 21.1. The molecule has 0 N–H and O–H groups in total. The molecule has 0 amide bonds. The zero-order valence-electron chi connectivity index (χ0n) is 20.2. The van der Waals surface area contributed by atoms with Crippen molar-refractivity contribution in [1.82, 2.24) is 0 Å². The van der Waals surface area contributed by atoms with E-state index >= 15 is 0 Å². The lowest BCUT2D eigenvalue weighted by Gasteiger charge is -2.10. The normalized spacial score (nSPS) is 12.4. The molecule has 184 valence electrons. The standard InChI is InChI=1S/C28H36O5S/c1-4-23(3)22-33-26-16-12-24(13-17-26)10-11-25-14-18-27(19-15-25)34(30,31)21-9-7-6-8-20-32-28(29)5-2/h5,10-19,23H,2,4,6-9,20-22H2,1,3H3/t23-/m1/s1. The van der Waals surface area contributed by atoms with E-state index < -0.39 is 15.8 Å². The van der Waals surface area contributed by atoms with E-state index in [1.165, 1.54) is 0 Å². The number of sulfone groups is 1. The van der Waals surface area contributed by atoms with Crippen molar-refractivity contribution in [1.29, 1.82) is 0 Å². The van der Waals surface area contributed by atoms with E-state index in [1.807, 2.05) is 48.6 Å². The Kier molecular flexibility index (Phi) is 11.6. The minimum absolute atomic E-state index is 0.111. The van der Waals surface area contributed by atoms with Crippen LogP contribution in [0.1, 0.15) is 57.1 Å². The first-order valence-corrected chi connectivity index (χ1v) is 13.5. The fourth-order valence-corrected chi connectivity index (χ4v) is 4.48. The third-order valence-electron chi connectivity index (χ3n) is 5.54. The van der Waals surface area contributed by atoms with Crippen molar-refractivity contribution in [2.75, 3.05) is 19.0 Å². The van der Waals surface area contributed by atoms with Gasteiger partial charge in [-0.25, -0.2) is 13.2 Å². The van der Waals surface area contributed by atoms with Gasteiger partial charge in [-0.15, -0.1) is 0 Å². The molecule has 2 aromatic rings. The highest BCUT2D eigenvalue weighted by Gasteiger charge is 2.13. The average molecular weight is 485 g/mol. The van der Waals surface area contributed by atoms with Gasteiger partial charge in [0, 0.05) is 6.08 Å². The van der Waals surface area contributed by atoms with Crippen LogP contribution < -0.4 is 4.74 Å². The molecule has 0 saturated heterocycles. The van der Waals surface area contributed by atoms with Crippen molar-refractivity contribution in [3.8, 4) is 5.75 Å². The Morgan fingerprint density at radius 3 is 2.12 bits per heavy atom. The molecule has 0 saturated carbocycles. The van der Waals surface area contributed by atoms with Crippen LogP contribution >= 0.6 is 0 Å². The Morgan fingerprint density at radius 2 is 1.53 bits per heavy atom. The second kappa shape index (κ2) is 14.4. The van der Waals surface area contributed by atoms with Gasteiger partial charge in [0.05, 0.1) is 23.9 Å². The first-order chi connectivity index (χ1) is 16.3. The Hall–Kier alpha value is -2.86. The number of rotatable bonds is 15. The summed E-state index contributed by atoms with van der Waals surface area (Å²) in [5, 5.41) is 0. The summed E-state index contributed by atoms with van der Waals surface area (Å²) in [7, 11) is -3.31. The molecule has 0 unspecified atom stereocenters. The molecule has 0 heterocycles. The summed E-state index contributed by atoms with van der Waals surface area (Å²) >= 11 is 0. The molecule has 0 aliphatic heterocycles. The number of unbranched alkanes of at least 4 members (excludes halogenated alkanes) is 3. The van der Waals surface area contributed by atoms with Crippen LogP contribution in [0, 0.1) is 5.92 Å². The average Bonchev–Trinajstić information content (AvgIpc) is 2.86. The summed E-state index contributed by atoms with van der Waals surface area (Å²) in [6.45, 7) is 8.72. The molecule has 0 spiro atoms. The van der Waals surface area contributed by atoms with Crippen LogP contribution in [-0.2, 0) is 19.4 Å². The largest absolute Gasteiger partial charge is 0.493 e. The van der Waals surface area contributed by atoms with Gasteiger partial charge in [0.15, 0.2) is 9.84 Å². The van der Waals surface area contributed by atoms with E-state index in [2.05, 4.69) is 20.4 Å².